The molecule has 0 amide bonds. The van der Waals surface area contributed by atoms with Gasteiger partial charge in [0.2, 0.25) is 0 Å². The fraction of sp³-hybridized carbons (Fsp3) is 0.222. The largest absolute Gasteiger partial charge is 0.496 e. The summed E-state index contributed by atoms with van der Waals surface area (Å²) in [4.78, 5) is 10.7. The lowest BCUT2D eigenvalue weighted by Gasteiger charge is -2.09. The maximum absolute atomic E-state index is 13.5. The summed E-state index contributed by atoms with van der Waals surface area (Å²) in [5.41, 5.74) is -0.184. The number of carbonyl (C=O) groups is 1. The van der Waals surface area contributed by atoms with Crippen LogP contribution in [0, 0.1) is 12.7 Å². The maximum Gasteiger partial charge on any atom is 0.339 e. The summed E-state index contributed by atoms with van der Waals surface area (Å²) < 4.78 is 18.5. The molecule has 1 aromatic carbocycles. The van der Waals surface area contributed by atoms with Crippen LogP contribution in [0.2, 0.25) is 0 Å². The number of hydrogen-bond acceptors (Lipinski definition) is 2. The quantitative estimate of drug-likeness (QED) is 0.892. The molecule has 0 radical (unpaired) electrons. The van der Waals surface area contributed by atoms with Gasteiger partial charge < -0.3 is 9.84 Å². The number of carboxylic acids is 1. The first-order valence-corrected chi connectivity index (χ1v) is 4.54. The van der Waals surface area contributed by atoms with Gasteiger partial charge in [-0.25, -0.2) is 9.18 Å². The molecular weight excluding hydrogens is 255 g/mol. The first-order valence-electron chi connectivity index (χ1n) is 3.75. The van der Waals surface area contributed by atoms with E-state index in [4.69, 9.17) is 9.84 Å². The van der Waals surface area contributed by atoms with E-state index in [0.717, 1.165) is 0 Å². The van der Waals surface area contributed by atoms with Crippen LogP contribution < -0.4 is 4.74 Å². The van der Waals surface area contributed by atoms with E-state index in [1.807, 2.05) is 0 Å². The second-order valence-electron chi connectivity index (χ2n) is 2.68. The van der Waals surface area contributed by atoms with Crippen molar-refractivity contribution in [3.05, 3.63) is 27.5 Å². The number of ether oxygens (including phenoxy) is 1. The molecule has 0 aliphatic carbocycles. The smallest absolute Gasteiger partial charge is 0.339 e. The molecule has 3 nitrogen and oxygen atoms in total. The molecule has 0 aliphatic heterocycles. The summed E-state index contributed by atoms with van der Waals surface area (Å²) in [6, 6.07) is 1.43. The highest BCUT2D eigenvalue weighted by Gasteiger charge is 2.19. The van der Waals surface area contributed by atoms with E-state index in [1.54, 1.807) is 0 Å². The molecule has 0 bridgehead atoms. The minimum Gasteiger partial charge on any atom is -0.496 e. The predicted octanol–water partition coefficient (Wildman–Crippen LogP) is 2.60. The Balaban J connectivity index is 3.49. The zero-order chi connectivity index (χ0) is 10.9. The van der Waals surface area contributed by atoms with Gasteiger partial charge in [-0.2, -0.15) is 0 Å². The van der Waals surface area contributed by atoms with Crippen LogP contribution in [0.4, 0.5) is 4.39 Å². The predicted molar refractivity (Wildman–Crippen MR) is 52.3 cm³/mol. The van der Waals surface area contributed by atoms with E-state index < -0.39 is 11.8 Å². The van der Waals surface area contributed by atoms with Crippen molar-refractivity contribution in [1.82, 2.24) is 0 Å². The first kappa shape index (κ1) is 11.0. The van der Waals surface area contributed by atoms with Gasteiger partial charge in [0.15, 0.2) is 0 Å². The van der Waals surface area contributed by atoms with Crippen molar-refractivity contribution in [1.29, 1.82) is 0 Å². The number of rotatable bonds is 2. The standard InChI is InChI=1S/C9H8BrFO3/c1-4-6(14-2)3-5(10)7(8(4)11)9(12)13/h3H,1-2H3,(H,12,13). The second kappa shape index (κ2) is 3.96. The molecule has 0 unspecified atom stereocenters. The number of hydrogen-bond donors (Lipinski definition) is 1. The molecular formula is C9H8BrFO3. The average molecular weight is 263 g/mol. The third-order valence-electron chi connectivity index (χ3n) is 1.85. The molecule has 1 rings (SSSR count). The third-order valence-corrected chi connectivity index (χ3v) is 2.47. The lowest BCUT2D eigenvalue weighted by molar-refractivity contribution is 0.0690. The topological polar surface area (TPSA) is 46.5 Å². The molecule has 0 spiro atoms. The van der Waals surface area contributed by atoms with Gasteiger partial charge in [-0.15, -0.1) is 0 Å². The van der Waals surface area contributed by atoms with Crippen LogP contribution in [0.5, 0.6) is 5.75 Å². The van der Waals surface area contributed by atoms with Gasteiger partial charge in [0, 0.05) is 10.0 Å². The van der Waals surface area contributed by atoms with Gasteiger partial charge >= 0.3 is 5.97 Å². The van der Waals surface area contributed by atoms with Crippen LogP contribution in [-0.4, -0.2) is 18.2 Å². The summed E-state index contributed by atoms with van der Waals surface area (Å²) in [7, 11) is 1.40. The first-order chi connectivity index (χ1) is 6.49. The molecule has 0 aliphatic rings. The van der Waals surface area contributed by atoms with Crippen molar-refractivity contribution in [2.45, 2.75) is 6.92 Å². The van der Waals surface area contributed by atoms with Crippen LogP contribution in [0.15, 0.2) is 10.5 Å². The summed E-state index contributed by atoms with van der Waals surface area (Å²) in [6.45, 7) is 1.47. The minimum atomic E-state index is -1.31. The zero-order valence-electron chi connectivity index (χ0n) is 7.60. The van der Waals surface area contributed by atoms with Gasteiger partial charge in [-0.1, -0.05) is 0 Å². The van der Waals surface area contributed by atoms with Gasteiger partial charge in [0.1, 0.15) is 17.1 Å². The minimum absolute atomic E-state index is 0.171. The summed E-state index contributed by atoms with van der Waals surface area (Å²) in [6.07, 6.45) is 0. The number of benzene rings is 1. The Labute approximate surface area is 88.6 Å². The Kier molecular flexibility index (Phi) is 3.10. The normalized spacial score (nSPS) is 10.0. The fourth-order valence-corrected chi connectivity index (χ4v) is 1.66. The summed E-state index contributed by atoms with van der Waals surface area (Å²) >= 11 is 2.97. The van der Waals surface area contributed by atoms with E-state index in [2.05, 4.69) is 15.9 Å². The Morgan fingerprint density at radius 2 is 2.21 bits per heavy atom. The van der Waals surface area contributed by atoms with Gasteiger partial charge in [0.05, 0.1) is 7.11 Å². The second-order valence-corrected chi connectivity index (χ2v) is 3.53. The number of methoxy groups -OCH3 is 1. The van der Waals surface area contributed by atoms with Gasteiger partial charge in [-0.05, 0) is 28.9 Å². The zero-order valence-corrected chi connectivity index (χ0v) is 9.18. The van der Waals surface area contributed by atoms with Crippen molar-refractivity contribution in [3.8, 4) is 5.75 Å². The summed E-state index contributed by atoms with van der Waals surface area (Å²) in [5.74, 6) is -1.76. The van der Waals surface area contributed by atoms with Gasteiger partial charge in [0.25, 0.3) is 0 Å². The molecule has 0 heterocycles. The highest BCUT2D eigenvalue weighted by Crippen LogP contribution is 2.30. The molecule has 76 valence electrons. The molecule has 0 saturated heterocycles. The molecule has 0 atom stereocenters. The molecule has 5 heteroatoms. The molecule has 0 aromatic heterocycles. The monoisotopic (exact) mass is 262 g/mol. The van der Waals surface area contributed by atoms with Crippen molar-refractivity contribution < 1.29 is 19.0 Å². The van der Waals surface area contributed by atoms with Crippen molar-refractivity contribution in [2.75, 3.05) is 7.11 Å². The molecule has 0 saturated carbocycles. The number of carboxylic acid groups (broad SMARTS) is 1. The Morgan fingerprint density at radius 3 is 2.64 bits per heavy atom. The number of aromatic carboxylic acids is 1. The highest BCUT2D eigenvalue weighted by atomic mass is 79.9. The summed E-state index contributed by atoms with van der Waals surface area (Å²) in [5, 5.41) is 8.72. The molecule has 0 fully saturated rings. The van der Waals surface area contributed by atoms with Crippen molar-refractivity contribution in [3.63, 3.8) is 0 Å². The van der Waals surface area contributed by atoms with Gasteiger partial charge in [-0.3, -0.25) is 0 Å². The lowest BCUT2D eigenvalue weighted by atomic mass is 10.1. The van der Waals surface area contributed by atoms with Crippen LogP contribution in [0.25, 0.3) is 0 Å². The Bertz CT molecular complexity index is 390. The lowest BCUT2D eigenvalue weighted by Crippen LogP contribution is -2.05. The van der Waals surface area contributed by atoms with Crippen LogP contribution in [-0.2, 0) is 0 Å². The molecule has 1 N–H and O–H groups in total. The van der Waals surface area contributed by atoms with E-state index in [0.29, 0.717) is 5.75 Å². The number of halogens is 2. The molecule has 1 aromatic rings. The average Bonchev–Trinajstić information content (AvgIpc) is 2.10. The highest BCUT2D eigenvalue weighted by molar-refractivity contribution is 9.10. The third kappa shape index (κ3) is 1.72. The van der Waals surface area contributed by atoms with E-state index in [-0.39, 0.29) is 15.6 Å². The van der Waals surface area contributed by atoms with Crippen molar-refractivity contribution >= 4 is 21.9 Å². The van der Waals surface area contributed by atoms with E-state index in [9.17, 15) is 9.18 Å². The molecule has 14 heavy (non-hydrogen) atoms. The SMILES string of the molecule is COc1cc(Br)c(C(=O)O)c(F)c1C. The van der Waals surface area contributed by atoms with E-state index >= 15 is 0 Å². The Morgan fingerprint density at radius 1 is 1.64 bits per heavy atom. The maximum atomic E-state index is 13.5. The van der Waals surface area contributed by atoms with Crippen molar-refractivity contribution in [2.24, 2.45) is 0 Å². The van der Waals surface area contributed by atoms with Crippen LogP contribution >= 0.6 is 15.9 Å². The van der Waals surface area contributed by atoms with Crippen LogP contribution in [0.3, 0.4) is 0 Å². The van der Waals surface area contributed by atoms with Crippen LogP contribution in [0.1, 0.15) is 15.9 Å². The van der Waals surface area contributed by atoms with E-state index in [1.165, 1.54) is 20.1 Å². The fourth-order valence-electron chi connectivity index (χ4n) is 1.10. The Hall–Kier alpha value is -1.10.